The third-order valence-corrected chi connectivity index (χ3v) is 1.80. The average Bonchev–Trinajstić information content (AvgIpc) is 1.89. The molecule has 0 aromatic rings. The average molecular weight is 250 g/mol. The first kappa shape index (κ1) is 9.88. The van der Waals surface area contributed by atoms with E-state index in [1.807, 2.05) is 25.3 Å². The molecule has 0 rings (SSSR count). The summed E-state index contributed by atoms with van der Waals surface area (Å²) in [6, 6.07) is 0. The van der Waals surface area contributed by atoms with E-state index in [0.29, 0.717) is 0 Å². The van der Waals surface area contributed by atoms with Crippen LogP contribution in [0.25, 0.3) is 0 Å². The van der Waals surface area contributed by atoms with Crippen molar-refractivity contribution < 1.29 is 21.5 Å². The Bertz CT molecular complexity index is 157. The second-order valence-corrected chi connectivity index (χ2v) is 3.35. The predicted molar refractivity (Wildman–Crippen MR) is 43.0 cm³/mol. The molecule has 0 unspecified atom stereocenters. The van der Waals surface area contributed by atoms with Crippen molar-refractivity contribution >= 4 is 6.21 Å². The van der Waals surface area contributed by atoms with Gasteiger partial charge >= 0.3 is 73.5 Å². The van der Waals surface area contributed by atoms with Gasteiger partial charge in [0.1, 0.15) is 0 Å². The summed E-state index contributed by atoms with van der Waals surface area (Å²) in [5.41, 5.74) is 1.25. The second-order valence-electron chi connectivity index (χ2n) is 1.83. The van der Waals surface area contributed by atoms with Crippen LogP contribution < -0.4 is 21.5 Å². The molecule has 0 aliphatic heterocycles. The fourth-order valence-electron chi connectivity index (χ4n) is 0.521. The molecule has 0 aromatic carbocycles. The van der Waals surface area contributed by atoms with E-state index < -0.39 is 0 Å². The third kappa shape index (κ3) is 6.01. The zero-order valence-electron chi connectivity index (χ0n) is 6.63. The van der Waals surface area contributed by atoms with Crippen molar-refractivity contribution in [3.05, 3.63) is 23.8 Å². The summed E-state index contributed by atoms with van der Waals surface area (Å²) in [6.07, 6.45) is 8.02. The Kier molecular flexibility index (Phi) is 6.91. The third-order valence-electron chi connectivity index (χ3n) is 0.921. The van der Waals surface area contributed by atoms with Gasteiger partial charge in [-0.05, 0) is 0 Å². The molecule has 10 heavy (non-hydrogen) atoms. The standard InChI is InChI=1S/C8H13IN/c1-4-5-8(2)6-7-10-9-3/h4-7H,1-3H3/q-1/b5-4-,8-6-,10-7?. The number of halogens is 1. The van der Waals surface area contributed by atoms with Crippen LogP contribution in [0.2, 0.25) is 0 Å². The number of rotatable bonds is 3. The molecular formula is C8H13IN-. The zero-order valence-corrected chi connectivity index (χ0v) is 8.79. The fourth-order valence-corrected chi connectivity index (χ4v) is 1.00. The van der Waals surface area contributed by atoms with Crippen molar-refractivity contribution in [3.63, 3.8) is 0 Å². The van der Waals surface area contributed by atoms with Crippen molar-refractivity contribution in [2.24, 2.45) is 3.21 Å². The molecule has 1 nitrogen and oxygen atoms in total. The molecule has 0 aliphatic carbocycles. The summed E-state index contributed by atoms with van der Waals surface area (Å²) in [6.45, 7) is 4.08. The van der Waals surface area contributed by atoms with E-state index >= 15 is 0 Å². The number of alkyl halides is 1. The molecule has 0 bridgehead atoms. The Balaban J connectivity index is 3.79. The SMILES string of the molecule is C/C=C\C(C)=C/C=N[I-]C. The van der Waals surface area contributed by atoms with Crippen LogP contribution in [0.15, 0.2) is 27.0 Å². The summed E-state index contributed by atoms with van der Waals surface area (Å²) >= 11 is 0.0664. The first-order valence-corrected chi connectivity index (χ1v) is 6.25. The summed E-state index contributed by atoms with van der Waals surface area (Å²) in [7, 11) is 0. The maximum atomic E-state index is 4.17. The van der Waals surface area contributed by atoms with Gasteiger partial charge in [0.15, 0.2) is 0 Å². The maximum absolute atomic E-state index is 4.17. The minimum atomic E-state index is 0.0664. The number of nitrogens with zero attached hydrogens (tertiary/aromatic N) is 1. The quantitative estimate of drug-likeness (QED) is 0.269. The van der Waals surface area contributed by atoms with Crippen LogP contribution in [0.3, 0.4) is 0 Å². The van der Waals surface area contributed by atoms with Gasteiger partial charge in [0.05, 0.1) is 0 Å². The first-order valence-electron chi connectivity index (χ1n) is 3.13. The van der Waals surface area contributed by atoms with Crippen LogP contribution in [0, 0.1) is 0 Å². The number of hydrogen-bond donors (Lipinski definition) is 0. The summed E-state index contributed by atoms with van der Waals surface area (Å²) < 4.78 is 4.17. The van der Waals surface area contributed by atoms with E-state index in [-0.39, 0.29) is 21.5 Å². The van der Waals surface area contributed by atoms with E-state index in [0.717, 1.165) is 0 Å². The summed E-state index contributed by atoms with van der Waals surface area (Å²) in [5, 5.41) is 0. The van der Waals surface area contributed by atoms with Crippen molar-refractivity contribution in [2.75, 3.05) is 4.93 Å². The Morgan fingerprint density at radius 1 is 1.50 bits per heavy atom. The van der Waals surface area contributed by atoms with Gasteiger partial charge < -0.3 is 0 Å². The fraction of sp³-hybridized carbons (Fsp3) is 0.375. The van der Waals surface area contributed by atoms with Gasteiger partial charge in [-0.1, -0.05) is 0 Å². The van der Waals surface area contributed by atoms with Gasteiger partial charge in [0.25, 0.3) is 0 Å². The van der Waals surface area contributed by atoms with Crippen LogP contribution in [-0.4, -0.2) is 11.1 Å². The van der Waals surface area contributed by atoms with Crippen LogP contribution in [0.5, 0.6) is 0 Å². The molecule has 0 radical (unpaired) electrons. The Labute approximate surface area is 73.6 Å². The molecule has 0 aromatic heterocycles. The molecule has 0 aliphatic rings. The van der Waals surface area contributed by atoms with Gasteiger partial charge in [0.2, 0.25) is 0 Å². The second kappa shape index (κ2) is 6.99. The first-order chi connectivity index (χ1) is 4.81. The predicted octanol–water partition coefficient (Wildman–Crippen LogP) is -0.787. The van der Waals surface area contributed by atoms with Crippen molar-refractivity contribution in [1.82, 2.24) is 0 Å². The van der Waals surface area contributed by atoms with E-state index in [1.54, 1.807) is 0 Å². The molecule has 0 saturated heterocycles. The molecule has 0 amide bonds. The van der Waals surface area contributed by atoms with Crippen molar-refractivity contribution in [3.8, 4) is 0 Å². The van der Waals surface area contributed by atoms with Crippen LogP contribution in [0.1, 0.15) is 13.8 Å². The van der Waals surface area contributed by atoms with E-state index in [2.05, 4.69) is 21.1 Å². The molecule has 2 heteroatoms. The van der Waals surface area contributed by atoms with Crippen molar-refractivity contribution in [1.29, 1.82) is 0 Å². The Morgan fingerprint density at radius 3 is 2.70 bits per heavy atom. The molecule has 0 N–H and O–H groups in total. The van der Waals surface area contributed by atoms with E-state index in [4.69, 9.17) is 0 Å². The zero-order chi connectivity index (χ0) is 7.82. The molecule has 0 fully saturated rings. The van der Waals surface area contributed by atoms with Gasteiger partial charge in [-0.3, -0.25) is 0 Å². The van der Waals surface area contributed by atoms with Crippen LogP contribution in [0.4, 0.5) is 0 Å². The topological polar surface area (TPSA) is 12.4 Å². The summed E-state index contributed by atoms with van der Waals surface area (Å²) in [4.78, 5) is 2.13. The number of allylic oxidation sites excluding steroid dienone is 4. The molecular weight excluding hydrogens is 237 g/mol. The minimum absolute atomic E-state index is 0.0664. The number of hydrogen-bond acceptors (Lipinski definition) is 1. The molecule has 0 heterocycles. The van der Waals surface area contributed by atoms with Gasteiger partial charge in [-0.2, -0.15) is 0 Å². The molecule has 0 atom stereocenters. The summed E-state index contributed by atoms with van der Waals surface area (Å²) in [5.74, 6) is 0. The van der Waals surface area contributed by atoms with Crippen LogP contribution in [-0.2, 0) is 0 Å². The Morgan fingerprint density at radius 2 is 2.20 bits per heavy atom. The van der Waals surface area contributed by atoms with E-state index in [1.165, 1.54) is 5.57 Å². The van der Waals surface area contributed by atoms with Crippen LogP contribution >= 0.6 is 0 Å². The monoisotopic (exact) mass is 250 g/mol. The molecule has 0 spiro atoms. The molecule has 58 valence electrons. The normalized spacial score (nSPS) is 14.1. The molecule has 0 saturated carbocycles. The van der Waals surface area contributed by atoms with Gasteiger partial charge in [0, 0.05) is 0 Å². The Hall–Kier alpha value is -0.120. The van der Waals surface area contributed by atoms with Gasteiger partial charge in [-0.25, -0.2) is 0 Å². The van der Waals surface area contributed by atoms with E-state index in [9.17, 15) is 0 Å². The van der Waals surface area contributed by atoms with Crippen molar-refractivity contribution in [2.45, 2.75) is 13.8 Å². The van der Waals surface area contributed by atoms with Gasteiger partial charge in [-0.15, -0.1) is 0 Å².